The zero-order valence-electron chi connectivity index (χ0n) is 17.1. The minimum absolute atomic E-state index is 0.0639. The summed E-state index contributed by atoms with van der Waals surface area (Å²) in [6.07, 6.45) is 6.60. The smallest absolute Gasteiger partial charge is 0.257 e. The molecule has 1 atom stereocenters. The zero-order chi connectivity index (χ0) is 20.7. The number of amides is 1. The first-order valence-electron chi connectivity index (χ1n) is 11.0. The summed E-state index contributed by atoms with van der Waals surface area (Å²) in [5, 5.41) is 0. The maximum absolute atomic E-state index is 14.1. The van der Waals surface area contributed by atoms with Crippen molar-refractivity contribution >= 4 is 5.91 Å². The quantitative estimate of drug-likeness (QED) is 0.845. The van der Waals surface area contributed by atoms with Crippen LogP contribution in [-0.4, -0.2) is 51.4 Å². The summed E-state index contributed by atoms with van der Waals surface area (Å²) in [6.45, 7) is 2.62. The molecule has 1 aromatic heterocycles. The van der Waals surface area contributed by atoms with Crippen LogP contribution in [0.2, 0.25) is 0 Å². The van der Waals surface area contributed by atoms with E-state index >= 15 is 0 Å². The van der Waals surface area contributed by atoms with Crippen LogP contribution in [0.1, 0.15) is 65.5 Å². The van der Waals surface area contributed by atoms with Gasteiger partial charge in [-0.2, -0.15) is 0 Å². The molecule has 1 saturated carbocycles. The van der Waals surface area contributed by atoms with E-state index in [1.54, 1.807) is 17.0 Å². The number of benzene rings is 1. The molecule has 0 unspecified atom stereocenters. The van der Waals surface area contributed by atoms with Crippen LogP contribution in [0.25, 0.3) is 0 Å². The van der Waals surface area contributed by atoms with Gasteiger partial charge in [-0.3, -0.25) is 14.5 Å². The summed E-state index contributed by atoms with van der Waals surface area (Å²) < 4.78 is 14.1. The summed E-state index contributed by atoms with van der Waals surface area (Å²) in [5.41, 5.74) is 1.28. The van der Waals surface area contributed by atoms with Crippen LogP contribution in [0.3, 0.4) is 0 Å². The Morgan fingerprint density at radius 2 is 1.93 bits per heavy atom. The lowest BCUT2D eigenvalue weighted by Crippen LogP contribution is -2.40. The van der Waals surface area contributed by atoms with Crippen molar-refractivity contribution in [2.75, 3.05) is 19.6 Å². The first-order valence-corrected chi connectivity index (χ1v) is 11.0. The number of hydrogen-bond donors (Lipinski definition) is 1. The summed E-state index contributed by atoms with van der Waals surface area (Å²) in [6, 6.07) is 6.70. The van der Waals surface area contributed by atoms with Crippen molar-refractivity contribution in [1.29, 1.82) is 0 Å². The lowest BCUT2D eigenvalue weighted by Gasteiger charge is -2.28. The summed E-state index contributed by atoms with van der Waals surface area (Å²) in [7, 11) is 0. The number of hydrogen-bond acceptors (Lipinski definition) is 4. The number of H-pyrrole nitrogens is 1. The Balaban J connectivity index is 1.36. The van der Waals surface area contributed by atoms with Gasteiger partial charge in [0.25, 0.3) is 11.5 Å². The normalized spacial score (nSPS) is 22.4. The molecule has 1 saturated heterocycles. The van der Waals surface area contributed by atoms with Crippen molar-refractivity contribution in [1.82, 2.24) is 19.8 Å². The fourth-order valence-corrected chi connectivity index (χ4v) is 5.24. The molecule has 7 heteroatoms. The Morgan fingerprint density at radius 1 is 1.13 bits per heavy atom. The van der Waals surface area contributed by atoms with Crippen molar-refractivity contribution in [3.63, 3.8) is 0 Å². The maximum Gasteiger partial charge on any atom is 0.257 e. The Morgan fingerprint density at radius 3 is 2.73 bits per heavy atom. The number of fused-ring (bicyclic) bond motifs is 1. The molecule has 30 heavy (non-hydrogen) atoms. The molecule has 3 aliphatic rings. The molecule has 5 rings (SSSR count). The van der Waals surface area contributed by atoms with Gasteiger partial charge in [-0.25, -0.2) is 9.37 Å². The van der Waals surface area contributed by atoms with Gasteiger partial charge >= 0.3 is 0 Å². The van der Waals surface area contributed by atoms with Crippen LogP contribution in [0.5, 0.6) is 0 Å². The number of aromatic amines is 1. The van der Waals surface area contributed by atoms with Crippen LogP contribution >= 0.6 is 0 Å². The van der Waals surface area contributed by atoms with Gasteiger partial charge in [0.05, 0.1) is 17.8 Å². The third-order valence-electron chi connectivity index (χ3n) is 6.93. The Kier molecular flexibility index (Phi) is 5.15. The molecule has 6 nitrogen and oxygen atoms in total. The zero-order valence-corrected chi connectivity index (χ0v) is 17.1. The SMILES string of the molecule is O=C(c1ccccc1F)N1CCc2c(nc([C@H]3CCN(C4CCCC4)C3)[nH]c2=O)C1. The topological polar surface area (TPSA) is 69.3 Å². The Bertz CT molecular complexity index is 1010. The fourth-order valence-electron chi connectivity index (χ4n) is 5.24. The second-order valence-electron chi connectivity index (χ2n) is 8.75. The van der Waals surface area contributed by atoms with E-state index < -0.39 is 5.82 Å². The molecule has 158 valence electrons. The predicted molar refractivity (Wildman–Crippen MR) is 111 cm³/mol. The molecule has 2 aliphatic heterocycles. The van der Waals surface area contributed by atoms with Gasteiger partial charge in [-0.15, -0.1) is 0 Å². The monoisotopic (exact) mass is 410 g/mol. The van der Waals surface area contributed by atoms with Crippen molar-refractivity contribution < 1.29 is 9.18 Å². The summed E-state index contributed by atoms with van der Waals surface area (Å²) in [4.78, 5) is 37.5. The highest BCUT2D eigenvalue weighted by Crippen LogP contribution is 2.32. The van der Waals surface area contributed by atoms with Crippen molar-refractivity contribution in [2.24, 2.45) is 0 Å². The maximum atomic E-state index is 14.1. The van der Waals surface area contributed by atoms with Crippen molar-refractivity contribution in [3.8, 4) is 0 Å². The molecule has 0 radical (unpaired) electrons. The average Bonchev–Trinajstić information content (AvgIpc) is 3.45. The number of aromatic nitrogens is 2. The molecular formula is C23H27FN4O2. The minimum Gasteiger partial charge on any atom is -0.332 e. The van der Waals surface area contributed by atoms with E-state index in [1.807, 2.05) is 0 Å². The fraction of sp³-hybridized carbons (Fsp3) is 0.522. The van der Waals surface area contributed by atoms with Gasteiger partial charge in [0.2, 0.25) is 0 Å². The summed E-state index contributed by atoms with van der Waals surface area (Å²) in [5.74, 6) is 0.0853. The van der Waals surface area contributed by atoms with E-state index in [4.69, 9.17) is 4.98 Å². The van der Waals surface area contributed by atoms with Gasteiger partial charge in [0, 0.05) is 30.6 Å². The lowest BCUT2D eigenvalue weighted by molar-refractivity contribution is 0.0726. The standard InChI is InChI=1S/C23H27FN4O2/c24-19-8-4-3-7-17(19)23(30)28-12-10-18-20(14-28)25-21(26-22(18)29)15-9-11-27(13-15)16-5-1-2-6-16/h3-4,7-8,15-16H,1-2,5-6,9-14H2,(H,25,26,29)/t15-/m0/s1. The lowest BCUT2D eigenvalue weighted by atomic mass is 10.0. The molecule has 0 spiro atoms. The first kappa shape index (κ1) is 19.4. The van der Waals surface area contributed by atoms with Crippen LogP contribution in [-0.2, 0) is 13.0 Å². The third-order valence-corrected chi connectivity index (χ3v) is 6.93. The number of nitrogens with one attached hydrogen (secondary N) is 1. The highest BCUT2D eigenvalue weighted by atomic mass is 19.1. The van der Waals surface area contributed by atoms with E-state index in [-0.39, 0.29) is 29.5 Å². The van der Waals surface area contributed by atoms with Gasteiger partial charge in [0.1, 0.15) is 11.6 Å². The van der Waals surface area contributed by atoms with Gasteiger partial charge in [0.15, 0.2) is 0 Å². The minimum atomic E-state index is -0.522. The number of nitrogens with zero attached hydrogens (tertiary/aromatic N) is 3. The summed E-state index contributed by atoms with van der Waals surface area (Å²) >= 11 is 0. The van der Waals surface area contributed by atoms with E-state index in [2.05, 4.69) is 9.88 Å². The van der Waals surface area contributed by atoms with Gasteiger partial charge < -0.3 is 9.88 Å². The van der Waals surface area contributed by atoms with Crippen LogP contribution in [0, 0.1) is 5.82 Å². The van der Waals surface area contributed by atoms with Crippen LogP contribution in [0.15, 0.2) is 29.1 Å². The molecule has 2 aromatic rings. The predicted octanol–water partition coefficient (Wildman–Crippen LogP) is 2.84. The van der Waals surface area contributed by atoms with Gasteiger partial charge in [-0.05, 0) is 44.4 Å². The molecule has 1 aliphatic carbocycles. The van der Waals surface area contributed by atoms with E-state index in [0.717, 1.165) is 25.3 Å². The number of carbonyl (C=O) groups excluding carboxylic acids is 1. The molecule has 1 amide bonds. The molecule has 2 fully saturated rings. The Hall–Kier alpha value is -2.54. The Labute approximate surface area is 175 Å². The second-order valence-corrected chi connectivity index (χ2v) is 8.75. The van der Waals surface area contributed by atoms with Crippen LogP contribution in [0.4, 0.5) is 4.39 Å². The average molecular weight is 410 g/mol. The number of rotatable bonds is 3. The first-order chi connectivity index (χ1) is 14.6. The third kappa shape index (κ3) is 3.55. The molecule has 1 N–H and O–H groups in total. The van der Waals surface area contributed by atoms with Crippen LogP contribution < -0.4 is 5.56 Å². The van der Waals surface area contributed by atoms with Crippen molar-refractivity contribution in [2.45, 2.75) is 57.0 Å². The molecular weight excluding hydrogens is 383 g/mol. The highest BCUT2D eigenvalue weighted by Gasteiger charge is 2.33. The van der Waals surface area contributed by atoms with Gasteiger partial charge in [-0.1, -0.05) is 25.0 Å². The number of halogens is 1. The second kappa shape index (κ2) is 7.95. The van der Waals surface area contributed by atoms with E-state index in [1.165, 1.54) is 37.8 Å². The van der Waals surface area contributed by atoms with Crippen molar-refractivity contribution in [3.05, 3.63) is 63.1 Å². The number of carbonyl (C=O) groups is 1. The van der Waals surface area contributed by atoms with E-state index in [0.29, 0.717) is 30.3 Å². The van der Waals surface area contributed by atoms with E-state index in [9.17, 15) is 14.0 Å². The molecule has 0 bridgehead atoms. The molecule has 1 aromatic carbocycles. The highest BCUT2D eigenvalue weighted by molar-refractivity contribution is 5.94. The number of likely N-dealkylation sites (tertiary alicyclic amines) is 1. The molecule has 3 heterocycles. The largest absolute Gasteiger partial charge is 0.332 e.